The SMILES string of the molecule is CCCCOC(CNC(=O)C1C2C=CC(OC(=O)C(=O)OC34C=CC(C3)C(C(N)=O)C4C(=O)NCC(CN3CCN(c4cccc(Cl)c4)CC3)OCCCC)(C2)C1C(N)=O)CN1CCN(c2cccc(Cl)c2)CC1. The molecule has 2 saturated carbocycles. The molecule has 8 rings (SSSR count). The fraction of sp³-hybridized carbons (Fsp3) is 0.593. The first-order valence-corrected chi connectivity index (χ1v) is 27.1. The Labute approximate surface area is 443 Å². The minimum atomic E-state index is -1.71. The number of piperazine rings is 2. The van der Waals surface area contributed by atoms with Crippen molar-refractivity contribution in [3.8, 4) is 0 Å². The van der Waals surface area contributed by atoms with Crippen LogP contribution in [0, 0.1) is 35.5 Å². The average molecular weight is 1060 g/mol. The summed E-state index contributed by atoms with van der Waals surface area (Å²) in [6.07, 6.45) is 9.28. The van der Waals surface area contributed by atoms with Gasteiger partial charge in [0.05, 0.1) is 35.9 Å². The summed E-state index contributed by atoms with van der Waals surface area (Å²) in [7, 11) is 0. The molecule has 18 nitrogen and oxygen atoms in total. The number of carbonyl (C=O) groups excluding carboxylic acids is 6. The van der Waals surface area contributed by atoms with E-state index in [1.165, 1.54) is 12.2 Å². The number of hydrogen-bond donors (Lipinski definition) is 4. The molecule has 4 bridgehead atoms. The lowest BCUT2D eigenvalue weighted by Crippen LogP contribution is -2.54. The van der Waals surface area contributed by atoms with Crippen LogP contribution in [-0.2, 0) is 47.7 Å². The van der Waals surface area contributed by atoms with Gasteiger partial charge >= 0.3 is 11.9 Å². The fourth-order valence-corrected chi connectivity index (χ4v) is 12.3. The summed E-state index contributed by atoms with van der Waals surface area (Å²) in [5, 5.41) is 7.34. The van der Waals surface area contributed by atoms with Crippen LogP contribution in [0.4, 0.5) is 11.4 Å². The minimum Gasteiger partial charge on any atom is -0.445 e. The molecule has 4 amide bonds. The largest absolute Gasteiger partial charge is 0.445 e. The van der Waals surface area contributed by atoms with E-state index < -0.39 is 88.4 Å². The zero-order valence-electron chi connectivity index (χ0n) is 42.5. The molecule has 10 unspecified atom stereocenters. The van der Waals surface area contributed by atoms with Crippen LogP contribution in [0.1, 0.15) is 52.4 Å². The van der Waals surface area contributed by atoms with Gasteiger partial charge in [0, 0.05) is 113 Å². The lowest BCUT2D eigenvalue weighted by Gasteiger charge is -2.38. The Morgan fingerprint density at radius 2 is 1.07 bits per heavy atom. The lowest BCUT2D eigenvalue weighted by atomic mass is 9.79. The molecule has 2 aliphatic heterocycles. The minimum absolute atomic E-state index is 0.0338. The standard InChI is InChI=1S/C54H72Cl2N8O10/c1-3-5-25-71-41(33-61-17-21-63(22-18-61)39-11-7-9-37(55)27-39)31-59-49(67)44-36-14-15-53(30-36,45(44)48(58)66)73-51(69)52(70)74-54-16-13-35(29-54)43(47(57)65)46(54)50(68)60-32-42(72-26-6-4-2)34-62-19-23-64(24-20-62)40-12-8-10-38(56)28-40/h7-16,27-28,35-36,41-46H,3-6,17-26,29-34H2,1-2H3,(H2,57,65)(H2,58,66)(H,59,67)(H,60,68). The predicted molar refractivity (Wildman–Crippen MR) is 280 cm³/mol. The number of nitrogens with one attached hydrogen (secondary N) is 2. The smallest absolute Gasteiger partial charge is 0.418 e. The van der Waals surface area contributed by atoms with Crippen LogP contribution < -0.4 is 31.9 Å². The number of fused-ring (bicyclic) bond motifs is 4. The monoisotopic (exact) mass is 1060 g/mol. The van der Waals surface area contributed by atoms with Crippen molar-refractivity contribution < 1.29 is 47.7 Å². The average Bonchev–Trinajstić information content (AvgIpc) is 4.16. The second-order valence-electron chi connectivity index (χ2n) is 20.7. The number of primary amides is 2. The van der Waals surface area contributed by atoms with Gasteiger partial charge in [-0.2, -0.15) is 0 Å². The zero-order chi connectivity index (χ0) is 52.6. The fourth-order valence-electron chi connectivity index (χ4n) is 12.0. The van der Waals surface area contributed by atoms with Gasteiger partial charge < -0.3 is 50.8 Å². The maximum Gasteiger partial charge on any atom is 0.418 e. The number of amides is 4. The lowest BCUT2D eigenvalue weighted by molar-refractivity contribution is -0.186. The normalized spacial score (nSPS) is 28.0. The highest BCUT2D eigenvalue weighted by Gasteiger charge is 2.65. The summed E-state index contributed by atoms with van der Waals surface area (Å²) in [6, 6.07) is 15.6. The molecule has 0 aromatic heterocycles. The molecule has 4 aliphatic carbocycles. The highest BCUT2D eigenvalue weighted by molar-refractivity contribution is 6.31. The predicted octanol–water partition coefficient (Wildman–Crippen LogP) is 3.72. The number of esters is 2. The number of anilines is 2. The van der Waals surface area contributed by atoms with E-state index in [9.17, 15) is 28.8 Å². The molecular weight excluding hydrogens is 992 g/mol. The number of ether oxygens (including phenoxy) is 4. The third-order valence-electron chi connectivity index (χ3n) is 15.7. The highest BCUT2D eigenvalue weighted by Crippen LogP contribution is 2.55. The molecule has 0 spiro atoms. The van der Waals surface area contributed by atoms with Gasteiger partial charge in [0.2, 0.25) is 23.6 Å². The molecule has 74 heavy (non-hydrogen) atoms. The zero-order valence-corrected chi connectivity index (χ0v) is 44.0. The van der Waals surface area contributed by atoms with Crippen molar-refractivity contribution in [2.24, 2.45) is 47.0 Å². The summed E-state index contributed by atoms with van der Waals surface area (Å²) in [5.41, 5.74) is 10.6. The Balaban J connectivity index is 0.878. The van der Waals surface area contributed by atoms with Crippen molar-refractivity contribution in [3.63, 3.8) is 0 Å². The number of rotatable bonds is 24. The van der Waals surface area contributed by atoms with E-state index in [4.69, 9.17) is 53.6 Å². The van der Waals surface area contributed by atoms with Crippen molar-refractivity contribution >= 4 is 70.1 Å². The van der Waals surface area contributed by atoms with Gasteiger partial charge in [0.1, 0.15) is 11.2 Å². The number of allylic oxidation sites excluding steroid dienone is 2. The molecule has 2 saturated heterocycles. The van der Waals surface area contributed by atoms with Gasteiger partial charge in [-0.05, 0) is 86.1 Å². The number of hydrogen-bond acceptors (Lipinski definition) is 14. The van der Waals surface area contributed by atoms with Crippen molar-refractivity contribution in [2.45, 2.75) is 75.8 Å². The van der Waals surface area contributed by atoms with Crippen LogP contribution in [-0.4, -0.2) is 161 Å². The first-order valence-electron chi connectivity index (χ1n) is 26.3. The molecule has 6 N–H and O–H groups in total. The Bertz CT molecular complexity index is 2410. The molecule has 20 heteroatoms. The number of carbonyl (C=O) groups is 6. The third-order valence-corrected chi connectivity index (χ3v) is 16.2. The van der Waals surface area contributed by atoms with Crippen LogP contribution in [0.5, 0.6) is 0 Å². The van der Waals surface area contributed by atoms with E-state index in [2.05, 4.69) is 44.1 Å². The summed E-state index contributed by atoms with van der Waals surface area (Å²) in [4.78, 5) is 91.8. The van der Waals surface area contributed by atoms with Crippen molar-refractivity contribution in [1.82, 2.24) is 20.4 Å². The van der Waals surface area contributed by atoms with E-state index >= 15 is 0 Å². The van der Waals surface area contributed by atoms with Gasteiger partial charge in [-0.25, -0.2) is 9.59 Å². The topological polar surface area (TPSA) is 228 Å². The molecule has 2 aromatic rings. The quantitative estimate of drug-likeness (QED) is 0.0509. The Morgan fingerprint density at radius 3 is 1.50 bits per heavy atom. The van der Waals surface area contributed by atoms with Gasteiger partial charge in [0.25, 0.3) is 0 Å². The second kappa shape index (κ2) is 24.6. The van der Waals surface area contributed by atoms with E-state index in [0.717, 1.165) is 89.4 Å². The maximum absolute atomic E-state index is 14.3. The van der Waals surface area contributed by atoms with Crippen molar-refractivity contribution in [2.75, 3.05) is 102 Å². The number of unbranched alkanes of at least 4 members (excludes halogenated alkanes) is 2. The summed E-state index contributed by atoms with van der Waals surface area (Å²) >= 11 is 12.5. The molecule has 402 valence electrons. The second-order valence-corrected chi connectivity index (χ2v) is 21.5. The Hall–Kier alpha value is -5.24. The van der Waals surface area contributed by atoms with E-state index in [1.807, 2.05) is 48.5 Å². The summed E-state index contributed by atoms with van der Waals surface area (Å²) < 4.78 is 24.4. The highest BCUT2D eigenvalue weighted by atomic mass is 35.5. The van der Waals surface area contributed by atoms with Gasteiger partial charge in [-0.1, -0.05) is 74.2 Å². The third kappa shape index (κ3) is 12.7. The van der Waals surface area contributed by atoms with E-state index in [1.54, 1.807) is 12.2 Å². The number of benzene rings is 2. The number of nitrogens with two attached hydrogens (primary N) is 2. The van der Waals surface area contributed by atoms with Crippen LogP contribution in [0.15, 0.2) is 72.8 Å². The molecule has 10 atom stereocenters. The maximum atomic E-state index is 14.3. The summed E-state index contributed by atoms with van der Waals surface area (Å²) in [6.45, 7) is 12.7. The van der Waals surface area contributed by atoms with Crippen LogP contribution >= 0.6 is 23.2 Å². The first-order chi connectivity index (χ1) is 35.6. The van der Waals surface area contributed by atoms with E-state index in [0.29, 0.717) is 36.3 Å². The molecule has 6 aliphatic rings. The Kier molecular flexibility index (Phi) is 18.3. The number of halogens is 2. The molecule has 2 heterocycles. The van der Waals surface area contributed by atoms with E-state index in [-0.39, 0.29) is 32.0 Å². The summed E-state index contributed by atoms with van der Waals surface area (Å²) in [5.74, 6) is -11.2. The van der Waals surface area contributed by atoms with Crippen LogP contribution in [0.25, 0.3) is 0 Å². The molecule has 2 aromatic carbocycles. The van der Waals surface area contributed by atoms with Gasteiger partial charge in [-0.3, -0.25) is 29.0 Å². The number of nitrogens with zero attached hydrogens (tertiary/aromatic N) is 4. The van der Waals surface area contributed by atoms with Crippen LogP contribution in [0.3, 0.4) is 0 Å². The van der Waals surface area contributed by atoms with Crippen molar-refractivity contribution in [1.29, 1.82) is 0 Å². The van der Waals surface area contributed by atoms with Gasteiger partial charge in [0.15, 0.2) is 0 Å². The Morgan fingerprint density at radius 1 is 0.622 bits per heavy atom. The van der Waals surface area contributed by atoms with Gasteiger partial charge in [-0.15, -0.1) is 0 Å². The van der Waals surface area contributed by atoms with Crippen molar-refractivity contribution in [3.05, 3.63) is 82.9 Å². The first kappa shape index (κ1) is 55.0. The van der Waals surface area contributed by atoms with Crippen LogP contribution in [0.2, 0.25) is 10.0 Å². The molecule has 0 radical (unpaired) electrons. The molecular formula is C54H72Cl2N8O10. The molecule has 4 fully saturated rings.